The molecule has 10 rings (SSSR count). The maximum Gasteiger partial charge on any atom is 0.0352 e. The largest absolute Gasteiger partial charge is 0.0622 e. The van der Waals surface area contributed by atoms with E-state index >= 15 is 0 Å². The van der Waals surface area contributed by atoms with E-state index in [4.69, 9.17) is 0 Å². The van der Waals surface area contributed by atoms with Crippen molar-refractivity contribution in [3.63, 3.8) is 0 Å². The monoisotopic (exact) mass is 634 g/mol. The molecule has 0 fully saturated rings. The molecule has 8 aromatic carbocycles. The average Bonchev–Trinajstić information content (AvgIpc) is 3.71. The summed E-state index contributed by atoms with van der Waals surface area (Å²) in [4.78, 5) is 0. The third-order valence-corrected chi connectivity index (χ3v) is 10.9. The first-order valence-corrected chi connectivity index (χ1v) is 17.6. The van der Waals surface area contributed by atoms with Crippen LogP contribution in [0, 0.1) is 0 Å². The van der Waals surface area contributed by atoms with Crippen LogP contribution in [0.15, 0.2) is 194 Å². The van der Waals surface area contributed by atoms with Crippen LogP contribution in [0.3, 0.4) is 0 Å². The summed E-state index contributed by atoms with van der Waals surface area (Å²) < 4.78 is 0. The Morgan fingerprint density at radius 2 is 0.580 bits per heavy atom. The van der Waals surface area contributed by atoms with E-state index in [0.717, 1.165) is 0 Å². The van der Waals surface area contributed by atoms with Crippen LogP contribution >= 0.6 is 0 Å². The van der Waals surface area contributed by atoms with Crippen LogP contribution in [0.25, 0.3) is 55.6 Å². The molecule has 0 saturated heterocycles. The predicted octanol–water partition coefficient (Wildman–Crippen LogP) is 13.0. The van der Waals surface area contributed by atoms with Crippen molar-refractivity contribution < 1.29 is 0 Å². The van der Waals surface area contributed by atoms with Crippen molar-refractivity contribution in [1.29, 1.82) is 0 Å². The van der Waals surface area contributed by atoms with Gasteiger partial charge in [-0.1, -0.05) is 188 Å². The molecule has 0 heterocycles. The van der Waals surface area contributed by atoms with E-state index in [-0.39, 0.29) is 11.8 Å². The third kappa shape index (κ3) is 4.60. The summed E-state index contributed by atoms with van der Waals surface area (Å²) in [6.45, 7) is 0. The quantitative estimate of drug-likeness (QED) is 0.177. The van der Waals surface area contributed by atoms with Gasteiger partial charge in [0.1, 0.15) is 0 Å². The zero-order valence-electron chi connectivity index (χ0n) is 27.6. The van der Waals surface area contributed by atoms with Crippen molar-refractivity contribution in [2.24, 2.45) is 0 Å². The summed E-state index contributed by atoms with van der Waals surface area (Å²) >= 11 is 0. The van der Waals surface area contributed by atoms with Crippen molar-refractivity contribution >= 4 is 0 Å². The van der Waals surface area contributed by atoms with Crippen molar-refractivity contribution in [2.75, 3.05) is 0 Å². The fraction of sp³-hybridized carbons (Fsp3) is 0.0400. The van der Waals surface area contributed by atoms with Gasteiger partial charge in [-0.3, -0.25) is 0 Å². The summed E-state index contributed by atoms with van der Waals surface area (Å²) in [5, 5.41) is 0. The Kier molecular flexibility index (Phi) is 6.74. The highest BCUT2D eigenvalue weighted by molar-refractivity contribution is 5.88. The van der Waals surface area contributed by atoms with Gasteiger partial charge in [0.2, 0.25) is 0 Å². The van der Waals surface area contributed by atoms with Gasteiger partial charge in [-0.05, 0) is 95.1 Å². The molecule has 0 atom stereocenters. The van der Waals surface area contributed by atoms with E-state index in [1.54, 1.807) is 0 Å². The van der Waals surface area contributed by atoms with Gasteiger partial charge in [-0.2, -0.15) is 0 Å². The van der Waals surface area contributed by atoms with Gasteiger partial charge in [0.15, 0.2) is 0 Å². The van der Waals surface area contributed by atoms with E-state index < -0.39 is 0 Å². The molecule has 0 amide bonds. The van der Waals surface area contributed by atoms with Crippen molar-refractivity contribution in [2.45, 2.75) is 11.8 Å². The molecule has 0 nitrogen and oxygen atoms in total. The van der Waals surface area contributed by atoms with Crippen LogP contribution in [0.4, 0.5) is 0 Å². The third-order valence-electron chi connectivity index (χ3n) is 10.9. The Morgan fingerprint density at radius 3 is 1.04 bits per heavy atom. The molecule has 0 spiro atoms. The number of benzene rings is 8. The lowest BCUT2D eigenvalue weighted by Crippen LogP contribution is -1.99. The smallest absolute Gasteiger partial charge is 0.0352 e. The Bertz CT molecular complexity index is 2430. The van der Waals surface area contributed by atoms with Gasteiger partial charge in [0, 0.05) is 11.8 Å². The lowest BCUT2D eigenvalue weighted by Gasteiger charge is -2.17. The molecule has 0 saturated carbocycles. The molecule has 0 heteroatoms. The lowest BCUT2D eigenvalue weighted by molar-refractivity contribution is 1.02. The summed E-state index contributed by atoms with van der Waals surface area (Å²) in [6.07, 6.45) is 0. The van der Waals surface area contributed by atoms with Crippen LogP contribution in [0.1, 0.15) is 45.2 Å². The van der Waals surface area contributed by atoms with Crippen LogP contribution < -0.4 is 0 Å². The molecule has 0 N–H and O–H groups in total. The highest BCUT2D eigenvalue weighted by atomic mass is 14.3. The second kappa shape index (κ2) is 11.7. The summed E-state index contributed by atoms with van der Waals surface area (Å²) in [5.41, 5.74) is 21.0. The normalized spacial score (nSPS) is 13.0. The molecular formula is C50H34. The molecular weight excluding hydrogens is 601 g/mol. The molecule has 0 aromatic heterocycles. The maximum absolute atomic E-state index is 2.37. The Hall–Kier alpha value is -6.24. The van der Waals surface area contributed by atoms with Gasteiger partial charge < -0.3 is 0 Å². The minimum Gasteiger partial charge on any atom is -0.0622 e. The molecule has 0 radical (unpaired) electrons. The van der Waals surface area contributed by atoms with Gasteiger partial charge in [-0.15, -0.1) is 0 Å². The first-order valence-electron chi connectivity index (χ1n) is 17.6. The molecule has 234 valence electrons. The van der Waals surface area contributed by atoms with Gasteiger partial charge in [0.05, 0.1) is 0 Å². The van der Waals surface area contributed by atoms with Crippen LogP contribution in [-0.4, -0.2) is 0 Å². The standard InChI is InChI=1S/C50H34/c1-2-12-34(13-3-1)48-32-38(33-22-26-36(27-23-33)49-44-18-8-4-14-40(44)41-15-5-9-19-45(41)49)30-31-39(48)35-24-28-37(29-25-35)50-46-20-10-6-16-42(46)43-17-7-11-21-47(43)50/h1-32,49-50H. The van der Waals surface area contributed by atoms with E-state index in [1.807, 2.05) is 0 Å². The molecule has 50 heavy (non-hydrogen) atoms. The van der Waals surface area contributed by atoms with Crippen molar-refractivity contribution in [3.05, 3.63) is 228 Å². The van der Waals surface area contributed by atoms with Crippen molar-refractivity contribution in [3.8, 4) is 55.6 Å². The zero-order chi connectivity index (χ0) is 33.0. The molecule has 2 aliphatic rings. The minimum absolute atomic E-state index is 0.251. The highest BCUT2D eigenvalue weighted by Gasteiger charge is 2.30. The van der Waals surface area contributed by atoms with E-state index in [9.17, 15) is 0 Å². The van der Waals surface area contributed by atoms with Crippen LogP contribution in [0.2, 0.25) is 0 Å². The SMILES string of the molecule is c1ccc(-c2cc(-c3ccc(C4c5ccccc5-c5ccccc54)cc3)ccc2-c2ccc(C3c4ccccc4-c4ccccc43)cc2)cc1. The minimum atomic E-state index is 0.251. The molecule has 0 bridgehead atoms. The fourth-order valence-corrected chi connectivity index (χ4v) is 8.58. The highest BCUT2D eigenvalue weighted by Crippen LogP contribution is 2.49. The first kappa shape index (κ1) is 28.7. The second-order valence-electron chi connectivity index (χ2n) is 13.6. The van der Waals surface area contributed by atoms with E-state index in [2.05, 4.69) is 194 Å². The molecule has 8 aromatic rings. The Morgan fingerprint density at radius 1 is 0.220 bits per heavy atom. The summed E-state index contributed by atoms with van der Waals surface area (Å²) in [5.74, 6) is 0.509. The zero-order valence-corrected chi connectivity index (χ0v) is 27.6. The number of fused-ring (bicyclic) bond motifs is 6. The first-order chi connectivity index (χ1) is 24.8. The number of hydrogen-bond donors (Lipinski definition) is 0. The molecule has 2 aliphatic carbocycles. The van der Waals surface area contributed by atoms with Gasteiger partial charge in [0.25, 0.3) is 0 Å². The van der Waals surface area contributed by atoms with Crippen LogP contribution in [-0.2, 0) is 0 Å². The van der Waals surface area contributed by atoms with E-state index in [0.29, 0.717) is 0 Å². The second-order valence-corrected chi connectivity index (χ2v) is 13.6. The summed E-state index contributed by atoms with van der Waals surface area (Å²) in [7, 11) is 0. The Balaban J connectivity index is 1.01. The number of hydrogen-bond acceptors (Lipinski definition) is 0. The topological polar surface area (TPSA) is 0 Å². The fourth-order valence-electron chi connectivity index (χ4n) is 8.58. The van der Waals surface area contributed by atoms with Crippen molar-refractivity contribution in [1.82, 2.24) is 0 Å². The Labute approximate surface area is 294 Å². The molecule has 0 unspecified atom stereocenters. The maximum atomic E-state index is 2.37. The van der Waals surface area contributed by atoms with E-state index in [1.165, 1.54) is 89.0 Å². The van der Waals surface area contributed by atoms with Gasteiger partial charge in [-0.25, -0.2) is 0 Å². The lowest BCUT2D eigenvalue weighted by atomic mass is 9.86. The van der Waals surface area contributed by atoms with Gasteiger partial charge >= 0.3 is 0 Å². The average molecular weight is 635 g/mol. The van der Waals surface area contributed by atoms with Crippen LogP contribution in [0.5, 0.6) is 0 Å². The predicted molar refractivity (Wildman–Crippen MR) is 208 cm³/mol. The summed E-state index contributed by atoms with van der Waals surface area (Å²) in [6, 6.07) is 71.8. The molecule has 0 aliphatic heterocycles. The number of rotatable bonds is 5.